The van der Waals surface area contributed by atoms with Gasteiger partial charge in [-0.15, -0.1) is 0 Å². The highest BCUT2D eigenvalue weighted by Gasteiger charge is 2.38. The van der Waals surface area contributed by atoms with Crippen LogP contribution in [0.4, 0.5) is 0 Å². The van der Waals surface area contributed by atoms with Gasteiger partial charge in [0, 0.05) is 27.4 Å². The number of rotatable bonds is 4. The molecule has 1 aliphatic heterocycles. The van der Waals surface area contributed by atoms with Crippen molar-refractivity contribution < 1.29 is 28.5 Å². The molecule has 3 atom stereocenters. The Bertz CT molecular complexity index is 264. The van der Waals surface area contributed by atoms with Gasteiger partial charge in [-0.2, -0.15) is 0 Å². The third-order valence-corrected chi connectivity index (χ3v) is 2.20. The quantitative estimate of drug-likeness (QED) is 0.647. The van der Waals surface area contributed by atoms with E-state index in [4.69, 9.17) is 18.9 Å². The van der Waals surface area contributed by atoms with E-state index in [-0.39, 0.29) is 6.61 Å². The van der Waals surface area contributed by atoms with Gasteiger partial charge in [-0.1, -0.05) is 0 Å². The molecule has 0 aromatic carbocycles. The summed E-state index contributed by atoms with van der Waals surface area (Å²) in [6.45, 7) is 2.69. The van der Waals surface area contributed by atoms with Gasteiger partial charge in [-0.05, 0) is 0 Å². The average molecular weight is 232 g/mol. The summed E-state index contributed by atoms with van der Waals surface area (Å²) in [7, 11) is 1.50. The lowest BCUT2D eigenvalue weighted by atomic mass is 10.2. The number of hydrogen-bond acceptors (Lipinski definition) is 6. The van der Waals surface area contributed by atoms with Crippen LogP contribution in [-0.2, 0) is 28.5 Å². The molecule has 0 N–H and O–H groups in total. The molecule has 0 spiro atoms. The lowest BCUT2D eigenvalue weighted by Crippen LogP contribution is -2.31. The van der Waals surface area contributed by atoms with Crippen molar-refractivity contribution in [1.29, 1.82) is 0 Å². The van der Waals surface area contributed by atoms with Crippen LogP contribution in [0.25, 0.3) is 0 Å². The van der Waals surface area contributed by atoms with E-state index >= 15 is 0 Å². The van der Waals surface area contributed by atoms with Crippen LogP contribution in [0.3, 0.4) is 0 Å². The second-order valence-corrected chi connectivity index (χ2v) is 3.53. The van der Waals surface area contributed by atoms with Gasteiger partial charge >= 0.3 is 11.9 Å². The smallest absolute Gasteiger partial charge is 0.303 e. The van der Waals surface area contributed by atoms with Crippen molar-refractivity contribution in [3.63, 3.8) is 0 Å². The van der Waals surface area contributed by atoms with Gasteiger partial charge in [0.15, 0.2) is 6.29 Å². The van der Waals surface area contributed by atoms with Crippen LogP contribution in [-0.4, -0.2) is 44.2 Å². The monoisotopic (exact) mass is 232 g/mol. The van der Waals surface area contributed by atoms with Gasteiger partial charge in [-0.3, -0.25) is 9.59 Å². The van der Waals surface area contributed by atoms with Crippen LogP contribution in [0.1, 0.15) is 20.3 Å². The Labute approximate surface area is 93.8 Å². The fourth-order valence-electron chi connectivity index (χ4n) is 1.51. The number of hydrogen-bond donors (Lipinski definition) is 0. The summed E-state index contributed by atoms with van der Waals surface area (Å²) >= 11 is 0. The third-order valence-electron chi connectivity index (χ3n) is 2.20. The number of carbonyl (C=O) groups excluding carboxylic acids is 2. The number of esters is 2. The molecular weight excluding hydrogens is 216 g/mol. The van der Waals surface area contributed by atoms with E-state index in [1.165, 1.54) is 21.0 Å². The first-order valence-electron chi connectivity index (χ1n) is 5.01. The molecule has 6 heteroatoms. The fraction of sp³-hybridized carbons (Fsp3) is 0.800. The second-order valence-electron chi connectivity index (χ2n) is 3.53. The minimum Gasteiger partial charge on any atom is -0.463 e. The SMILES string of the molecule is COC1CC(OC(C)=O)[C@@H](COC(C)=O)O1. The largest absolute Gasteiger partial charge is 0.463 e. The van der Waals surface area contributed by atoms with Gasteiger partial charge in [0.1, 0.15) is 18.8 Å². The molecule has 1 fully saturated rings. The van der Waals surface area contributed by atoms with Crippen molar-refractivity contribution in [2.24, 2.45) is 0 Å². The number of carbonyl (C=O) groups is 2. The van der Waals surface area contributed by atoms with Gasteiger partial charge in [-0.25, -0.2) is 0 Å². The normalized spacial score (nSPS) is 28.8. The zero-order chi connectivity index (χ0) is 12.1. The molecule has 2 unspecified atom stereocenters. The first kappa shape index (κ1) is 12.9. The summed E-state index contributed by atoms with van der Waals surface area (Å²) < 4.78 is 20.3. The van der Waals surface area contributed by atoms with Crippen molar-refractivity contribution in [3.05, 3.63) is 0 Å². The van der Waals surface area contributed by atoms with Gasteiger partial charge < -0.3 is 18.9 Å². The maximum Gasteiger partial charge on any atom is 0.303 e. The fourth-order valence-corrected chi connectivity index (χ4v) is 1.51. The molecule has 92 valence electrons. The first-order valence-corrected chi connectivity index (χ1v) is 5.01. The summed E-state index contributed by atoms with van der Waals surface area (Å²) in [5.74, 6) is -0.788. The molecule has 0 aliphatic carbocycles. The predicted molar refractivity (Wildman–Crippen MR) is 52.5 cm³/mol. The van der Waals surface area contributed by atoms with Crippen LogP contribution in [0.5, 0.6) is 0 Å². The number of methoxy groups -OCH3 is 1. The predicted octanol–water partition coefficient (Wildman–Crippen LogP) is 0.243. The van der Waals surface area contributed by atoms with Crippen LogP contribution in [0.2, 0.25) is 0 Å². The van der Waals surface area contributed by atoms with E-state index < -0.39 is 30.4 Å². The summed E-state index contributed by atoms with van der Waals surface area (Å²) in [6.07, 6.45) is -0.869. The van der Waals surface area contributed by atoms with Gasteiger partial charge in [0.2, 0.25) is 0 Å². The molecule has 16 heavy (non-hydrogen) atoms. The Morgan fingerprint density at radius 3 is 2.50 bits per heavy atom. The van der Waals surface area contributed by atoms with E-state index in [2.05, 4.69) is 0 Å². The highest BCUT2D eigenvalue weighted by molar-refractivity contribution is 5.66. The van der Waals surface area contributed by atoms with Gasteiger partial charge in [0.05, 0.1) is 0 Å². The van der Waals surface area contributed by atoms with Crippen LogP contribution < -0.4 is 0 Å². The standard InChI is InChI=1S/C10H16O6/c1-6(11)14-5-9-8(15-7(2)12)4-10(13-3)16-9/h8-10H,4-5H2,1-3H3/t8?,9-,10?/m1/s1. The summed E-state index contributed by atoms with van der Waals surface area (Å²) in [5.41, 5.74) is 0. The molecule has 0 bridgehead atoms. The molecule has 1 saturated heterocycles. The van der Waals surface area contributed by atoms with Crippen LogP contribution in [0.15, 0.2) is 0 Å². The molecule has 1 aliphatic rings. The highest BCUT2D eigenvalue weighted by Crippen LogP contribution is 2.24. The lowest BCUT2D eigenvalue weighted by Gasteiger charge is -2.17. The lowest BCUT2D eigenvalue weighted by molar-refractivity contribution is -0.161. The van der Waals surface area contributed by atoms with Crippen molar-refractivity contribution >= 4 is 11.9 Å². The van der Waals surface area contributed by atoms with E-state index in [9.17, 15) is 9.59 Å². The maximum atomic E-state index is 10.9. The third kappa shape index (κ3) is 3.79. The number of ether oxygens (including phenoxy) is 4. The van der Waals surface area contributed by atoms with E-state index in [0.717, 1.165) is 0 Å². The van der Waals surface area contributed by atoms with Crippen molar-refractivity contribution in [2.45, 2.75) is 38.8 Å². The molecule has 0 saturated carbocycles. The minimum absolute atomic E-state index is 0.0626. The highest BCUT2D eigenvalue weighted by atomic mass is 16.7. The van der Waals surface area contributed by atoms with Crippen molar-refractivity contribution in [3.8, 4) is 0 Å². The second kappa shape index (κ2) is 5.81. The van der Waals surface area contributed by atoms with Crippen molar-refractivity contribution in [2.75, 3.05) is 13.7 Å². The molecular formula is C10H16O6. The van der Waals surface area contributed by atoms with E-state index in [1.807, 2.05) is 0 Å². The Morgan fingerprint density at radius 1 is 1.31 bits per heavy atom. The molecule has 0 radical (unpaired) electrons. The Hall–Kier alpha value is -1.14. The summed E-state index contributed by atoms with van der Waals surface area (Å²) in [6, 6.07) is 0. The Morgan fingerprint density at radius 2 is 2.00 bits per heavy atom. The zero-order valence-corrected chi connectivity index (χ0v) is 9.60. The Kier molecular flexibility index (Phi) is 4.70. The molecule has 0 aromatic heterocycles. The van der Waals surface area contributed by atoms with E-state index in [0.29, 0.717) is 6.42 Å². The molecule has 1 rings (SSSR count). The minimum atomic E-state index is -0.460. The Balaban J connectivity index is 2.49. The van der Waals surface area contributed by atoms with E-state index in [1.54, 1.807) is 0 Å². The average Bonchev–Trinajstić information content (AvgIpc) is 2.56. The summed E-state index contributed by atoms with van der Waals surface area (Å²) in [4.78, 5) is 21.5. The zero-order valence-electron chi connectivity index (χ0n) is 9.60. The molecule has 1 heterocycles. The summed E-state index contributed by atoms with van der Waals surface area (Å²) in [5, 5.41) is 0. The van der Waals surface area contributed by atoms with Crippen LogP contribution in [0, 0.1) is 0 Å². The van der Waals surface area contributed by atoms with Crippen LogP contribution >= 0.6 is 0 Å². The first-order chi connectivity index (χ1) is 7.52. The van der Waals surface area contributed by atoms with Gasteiger partial charge in [0.25, 0.3) is 0 Å². The molecule has 0 aromatic rings. The molecule has 0 amide bonds. The molecule has 6 nitrogen and oxygen atoms in total. The van der Waals surface area contributed by atoms with Crippen molar-refractivity contribution in [1.82, 2.24) is 0 Å². The topological polar surface area (TPSA) is 71.1 Å². The maximum absolute atomic E-state index is 10.9.